The first-order valence-corrected chi connectivity index (χ1v) is 9.19. The summed E-state index contributed by atoms with van der Waals surface area (Å²) in [5.41, 5.74) is 2.07. The summed E-state index contributed by atoms with van der Waals surface area (Å²) in [6.45, 7) is 3.04. The smallest absolute Gasteiger partial charge is 0.264 e. The average Bonchev–Trinajstić information content (AvgIpc) is 3.26. The van der Waals surface area contributed by atoms with Gasteiger partial charge >= 0.3 is 0 Å². The second-order valence-electron chi connectivity index (χ2n) is 5.92. The van der Waals surface area contributed by atoms with Crippen LogP contribution in [0.3, 0.4) is 0 Å². The molecule has 1 atom stereocenters. The van der Waals surface area contributed by atoms with Crippen molar-refractivity contribution in [1.29, 1.82) is 0 Å². The van der Waals surface area contributed by atoms with Crippen LogP contribution in [0.4, 0.5) is 0 Å². The number of hydrogen-bond donors (Lipinski definition) is 1. The van der Waals surface area contributed by atoms with Gasteiger partial charge in [0.2, 0.25) is 5.91 Å². The number of aryl methyl sites for hydroxylation is 1. The maximum absolute atomic E-state index is 12.6. The van der Waals surface area contributed by atoms with E-state index in [1.165, 1.54) is 11.3 Å². The SMILES string of the molecule is Cc1ccc(Cl)cc1CNC(=O)[C@@H]1CCCN1C(=O)c1cccs1. The van der Waals surface area contributed by atoms with E-state index in [-0.39, 0.29) is 17.9 Å². The van der Waals surface area contributed by atoms with Crippen molar-refractivity contribution in [3.05, 3.63) is 56.7 Å². The predicted molar refractivity (Wildman–Crippen MR) is 96.4 cm³/mol. The lowest BCUT2D eigenvalue weighted by molar-refractivity contribution is -0.125. The Labute approximate surface area is 150 Å². The molecule has 0 radical (unpaired) electrons. The lowest BCUT2D eigenvalue weighted by atomic mass is 10.1. The van der Waals surface area contributed by atoms with E-state index in [2.05, 4.69) is 5.32 Å². The fourth-order valence-corrected chi connectivity index (χ4v) is 3.83. The molecule has 0 saturated carbocycles. The van der Waals surface area contributed by atoms with Crippen LogP contribution in [0.15, 0.2) is 35.7 Å². The van der Waals surface area contributed by atoms with Crippen LogP contribution in [-0.2, 0) is 11.3 Å². The summed E-state index contributed by atoms with van der Waals surface area (Å²) in [6, 6.07) is 8.90. The van der Waals surface area contributed by atoms with Crippen molar-refractivity contribution in [3.63, 3.8) is 0 Å². The van der Waals surface area contributed by atoms with Gasteiger partial charge in [0.05, 0.1) is 4.88 Å². The highest BCUT2D eigenvalue weighted by atomic mass is 35.5. The van der Waals surface area contributed by atoms with Gasteiger partial charge in [0.1, 0.15) is 6.04 Å². The Morgan fingerprint density at radius 1 is 1.38 bits per heavy atom. The first-order chi connectivity index (χ1) is 11.6. The fourth-order valence-electron chi connectivity index (χ4n) is 2.95. The van der Waals surface area contributed by atoms with Crippen molar-refractivity contribution < 1.29 is 9.59 Å². The van der Waals surface area contributed by atoms with E-state index in [0.717, 1.165) is 17.5 Å². The number of carbonyl (C=O) groups is 2. The minimum atomic E-state index is -0.390. The van der Waals surface area contributed by atoms with Gasteiger partial charge in [-0.2, -0.15) is 0 Å². The molecular weight excluding hydrogens is 344 g/mol. The maximum Gasteiger partial charge on any atom is 0.264 e. The van der Waals surface area contributed by atoms with Crippen LogP contribution < -0.4 is 5.32 Å². The zero-order valence-corrected chi connectivity index (χ0v) is 15.0. The molecule has 24 heavy (non-hydrogen) atoms. The van der Waals surface area contributed by atoms with Gasteiger partial charge in [-0.05, 0) is 54.5 Å². The van der Waals surface area contributed by atoms with Gasteiger partial charge in [-0.15, -0.1) is 11.3 Å². The van der Waals surface area contributed by atoms with Crippen LogP contribution in [0.1, 0.15) is 33.6 Å². The summed E-state index contributed by atoms with van der Waals surface area (Å²) in [5.74, 6) is -0.154. The van der Waals surface area contributed by atoms with Crippen molar-refractivity contribution in [1.82, 2.24) is 10.2 Å². The maximum atomic E-state index is 12.6. The second kappa shape index (κ2) is 7.36. The lowest BCUT2D eigenvalue weighted by Crippen LogP contribution is -2.45. The molecule has 0 aliphatic carbocycles. The van der Waals surface area contributed by atoms with Crippen LogP contribution in [0.5, 0.6) is 0 Å². The molecule has 1 aliphatic heterocycles. The highest BCUT2D eigenvalue weighted by Gasteiger charge is 2.34. The van der Waals surface area contributed by atoms with Crippen LogP contribution in [0.25, 0.3) is 0 Å². The quantitative estimate of drug-likeness (QED) is 0.902. The number of rotatable bonds is 4. The molecule has 0 spiro atoms. The largest absolute Gasteiger partial charge is 0.350 e. The van der Waals surface area contributed by atoms with Crippen molar-refractivity contribution >= 4 is 34.8 Å². The minimum Gasteiger partial charge on any atom is -0.350 e. The fraction of sp³-hybridized carbons (Fsp3) is 0.333. The van der Waals surface area contributed by atoms with E-state index in [1.54, 1.807) is 11.0 Å². The van der Waals surface area contributed by atoms with Gasteiger partial charge in [0.15, 0.2) is 0 Å². The Balaban J connectivity index is 1.65. The number of halogens is 1. The number of nitrogens with one attached hydrogen (secondary N) is 1. The summed E-state index contributed by atoms with van der Waals surface area (Å²) < 4.78 is 0. The molecule has 1 N–H and O–H groups in total. The summed E-state index contributed by atoms with van der Waals surface area (Å²) in [5, 5.41) is 5.48. The molecule has 0 bridgehead atoms. The molecular formula is C18H19ClN2O2S. The Morgan fingerprint density at radius 3 is 2.96 bits per heavy atom. The van der Waals surface area contributed by atoms with E-state index in [9.17, 15) is 9.59 Å². The normalized spacial score (nSPS) is 17.1. The average molecular weight is 363 g/mol. The first-order valence-electron chi connectivity index (χ1n) is 7.93. The molecule has 1 aromatic heterocycles. The molecule has 1 aliphatic rings. The van der Waals surface area contributed by atoms with Crippen molar-refractivity contribution in [2.45, 2.75) is 32.4 Å². The van der Waals surface area contributed by atoms with Gasteiger partial charge < -0.3 is 10.2 Å². The number of nitrogens with zero attached hydrogens (tertiary/aromatic N) is 1. The summed E-state index contributed by atoms with van der Waals surface area (Å²) in [6.07, 6.45) is 1.56. The third-order valence-corrected chi connectivity index (χ3v) is 5.41. The Bertz CT molecular complexity index is 745. The van der Waals surface area contributed by atoms with Crippen molar-refractivity contribution in [3.8, 4) is 0 Å². The molecule has 2 aromatic rings. The number of carbonyl (C=O) groups excluding carboxylic acids is 2. The van der Waals surface area contributed by atoms with E-state index in [0.29, 0.717) is 29.4 Å². The third kappa shape index (κ3) is 3.62. The topological polar surface area (TPSA) is 49.4 Å². The first kappa shape index (κ1) is 17.0. The molecule has 126 valence electrons. The Morgan fingerprint density at radius 2 is 2.21 bits per heavy atom. The monoisotopic (exact) mass is 362 g/mol. The van der Waals surface area contributed by atoms with E-state index < -0.39 is 0 Å². The molecule has 6 heteroatoms. The Hall–Kier alpha value is -1.85. The lowest BCUT2D eigenvalue weighted by Gasteiger charge is -2.23. The predicted octanol–water partition coefficient (Wildman–Crippen LogP) is 3.63. The van der Waals surface area contributed by atoms with E-state index >= 15 is 0 Å². The zero-order valence-electron chi connectivity index (χ0n) is 13.4. The van der Waals surface area contributed by atoms with Crippen LogP contribution in [0, 0.1) is 6.92 Å². The van der Waals surface area contributed by atoms with Gasteiger partial charge in [-0.25, -0.2) is 0 Å². The number of hydrogen-bond acceptors (Lipinski definition) is 3. The van der Waals surface area contributed by atoms with Crippen molar-refractivity contribution in [2.75, 3.05) is 6.54 Å². The molecule has 2 amide bonds. The molecule has 1 fully saturated rings. The third-order valence-electron chi connectivity index (χ3n) is 4.31. The summed E-state index contributed by atoms with van der Waals surface area (Å²) >= 11 is 7.42. The molecule has 0 unspecified atom stereocenters. The van der Waals surface area contributed by atoms with Crippen LogP contribution in [0.2, 0.25) is 5.02 Å². The molecule has 1 saturated heterocycles. The number of likely N-dealkylation sites (tertiary alicyclic amines) is 1. The van der Waals surface area contributed by atoms with Gasteiger partial charge in [0, 0.05) is 18.1 Å². The molecule has 3 rings (SSSR count). The van der Waals surface area contributed by atoms with Crippen molar-refractivity contribution in [2.24, 2.45) is 0 Å². The molecule has 2 heterocycles. The number of thiophene rings is 1. The standard InChI is InChI=1S/C18H19ClN2O2S/c1-12-6-7-14(19)10-13(12)11-20-17(22)15-4-2-8-21(15)18(23)16-5-3-9-24-16/h3,5-7,9-10,15H,2,4,8,11H2,1H3,(H,20,22)/t15-/m0/s1. The van der Waals surface area contributed by atoms with Crippen LogP contribution >= 0.6 is 22.9 Å². The highest BCUT2D eigenvalue weighted by molar-refractivity contribution is 7.12. The molecule has 1 aromatic carbocycles. The van der Waals surface area contributed by atoms with E-state index in [4.69, 9.17) is 11.6 Å². The number of benzene rings is 1. The number of amides is 2. The Kier molecular flexibility index (Phi) is 5.21. The second-order valence-corrected chi connectivity index (χ2v) is 7.31. The van der Waals surface area contributed by atoms with E-state index in [1.807, 2.05) is 36.6 Å². The van der Waals surface area contributed by atoms with Gasteiger partial charge in [-0.1, -0.05) is 23.7 Å². The summed E-state index contributed by atoms with van der Waals surface area (Å²) in [4.78, 5) is 27.5. The van der Waals surface area contributed by atoms with Crippen LogP contribution in [-0.4, -0.2) is 29.3 Å². The minimum absolute atomic E-state index is 0.0541. The zero-order chi connectivity index (χ0) is 17.1. The van der Waals surface area contributed by atoms with Gasteiger partial charge in [-0.3, -0.25) is 9.59 Å². The summed E-state index contributed by atoms with van der Waals surface area (Å²) in [7, 11) is 0. The van der Waals surface area contributed by atoms with Gasteiger partial charge in [0.25, 0.3) is 5.91 Å². The highest BCUT2D eigenvalue weighted by Crippen LogP contribution is 2.22. The molecule has 4 nitrogen and oxygen atoms in total.